The van der Waals surface area contributed by atoms with Gasteiger partial charge < -0.3 is 10.5 Å². The molecule has 0 bridgehead atoms. The van der Waals surface area contributed by atoms with Crippen molar-refractivity contribution in [3.63, 3.8) is 0 Å². The molecule has 2 N–H and O–H groups in total. The van der Waals surface area contributed by atoms with E-state index in [-0.39, 0.29) is 5.95 Å². The van der Waals surface area contributed by atoms with Crippen molar-refractivity contribution in [1.82, 2.24) is 14.6 Å². The number of hydrogen-bond acceptors (Lipinski definition) is 4. The highest BCUT2D eigenvalue weighted by Gasteiger charge is 2.03. The molecule has 2 aromatic heterocycles. The van der Waals surface area contributed by atoms with Crippen LogP contribution in [0.4, 0.5) is 5.95 Å². The van der Waals surface area contributed by atoms with Crippen molar-refractivity contribution in [2.24, 2.45) is 0 Å². The summed E-state index contributed by atoms with van der Waals surface area (Å²) in [5.41, 5.74) is 8.39. The maximum Gasteiger partial charge on any atom is 0.240 e. The minimum absolute atomic E-state index is 0.276. The predicted molar refractivity (Wildman–Crippen MR) is 69.4 cm³/mol. The van der Waals surface area contributed by atoms with Gasteiger partial charge in [0.25, 0.3) is 0 Å². The molecule has 0 aliphatic carbocycles. The summed E-state index contributed by atoms with van der Waals surface area (Å²) in [6.07, 6.45) is 1.90. The number of rotatable bonds is 2. The Kier molecular flexibility index (Phi) is 2.37. The molecule has 18 heavy (non-hydrogen) atoms. The lowest BCUT2D eigenvalue weighted by molar-refractivity contribution is 0.415. The molecule has 90 valence electrons. The van der Waals surface area contributed by atoms with Gasteiger partial charge in [-0.3, -0.25) is 0 Å². The molecule has 0 saturated carbocycles. The molecule has 0 atom stereocenters. The summed E-state index contributed by atoms with van der Waals surface area (Å²) in [4.78, 5) is 4.09. The zero-order chi connectivity index (χ0) is 12.5. The van der Waals surface area contributed by atoms with Crippen LogP contribution >= 0.6 is 0 Å². The average Bonchev–Trinajstić information content (AvgIpc) is 2.77. The number of anilines is 1. The van der Waals surface area contributed by atoms with Crippen molar-refractivity contribution in [3.8, 4) is 16.9 Å². The highest BCUT2D eigenvalue weighted by Crippen LogP contribution is 2.23. The third-order valence-corrected chi connectivity index (χ3v) is 2.75. The van der Waals surface area contributed by atoms with E-state index >= 15 is 0 Å². The molecule has 0 radical (unpaired) electrons. The Bertz CT molecular complexity index is 705. The van der Waals surface area contributed by atoms with Gasteiger partial charge in [0, 0.05) is 11.8 Å². The molecule has 3 aromatic rings. The largest absolute Gasteiger partial charge is 0.497 e. The number of pyridine rings is 1. The van der Waals surface area contributed by atoms with Gasteiger partial charge in [0.2, 0.25) is 5.95 Å². The zero-order valence-corrected chi connectivity index (χ0v) is 9.87. The summed E-state index contributed by atoms with van der Waals surface area (Å²) < 4.78 is 6.88. The Labute approximate surface area is 104 Å². The maximum atomic E-state index is 5.56. The third-order valence-electron chi connectivity index (χ3n) is 2.75. The monoisotopic (exact) mass is 240 g/mol. The van der Waals surface area contributed by atoms with Gasteiger partial charge in [0.05, 0.1) is 7.11 Å². The Morgan fingerprint density at radius 3 is 2.89 bits per heavy atom. The van der Waals surface area contributed by atoms with Crippen LogP contribution in [0.2, 0.25) is 0 Å². The van der Waals surface area contributed by atoms with E-state index in [0.717, 1.165) is 22.5 Å². The molecule has 0 unspecified atom stereocenters. The first-order chi connectivity index (χ1) is 8.76. The summed E-state index contributed by atoms with van der Waals surface area (Å²) >= 11 is 0. The second-order valence-electron chi connectivity index (χ2n) is 3.92. The van der Waals surface area contributed by atoms with Crippen molar-refractivity contribution in [2.45, 2.75) is 0 Å². The van der Waals surface area contributed by atoms with Crippen LogP contribution in [0.5, 0.6) is 5.75 Å². The van der Waals surface area contributed by atoms with Gasteiger partial charge >= 0.3 is 0 Å². The van der Waals surface area contributed by atoms with Gasteiger partial charge in [0.15, 0.2) is 5.65 Å². The zero-order valence-electron chi connectivity index (χ0n) is 9.87. The lowest BCUT2D eigenvalue weighted by Gasteiger charge is -2.04. The number of hydrogen-bond donors (Lipinski definition) is 1. The molecule has 0 aliphatic rings. The molecule has 2 heterocycles. The van der Waals surface area contributed by atoms with E-state index in [4.69, 9.17) is 10.5 Å². The number of fused-ring (bicyclic) bond motifs is 1. The first-order valence-electron chi connectivity index (χ1n) is 5.52. The van der Waals surface area contributed by atoms with E-state index in [9.17, 15) is 0 Å². The normalized spacial score (nSPS) is 10.7. The molecular weight excluding hydrogens is 228 g/mol. The molecule has 0 amide bonds. The fourth-order valence-corrected chi connectivity index (χ4v) is 1.87. The molecule has 0 fully saturated rings. The first kappa shape index (κ1) is 10.6. The Hall–Kier alpha value is -2.56. The van der Waals surface area contributed by atoms with E-state index in [0.29, 0.717) is 0 Å². The Morgan fingerprint density at radius 1 is 1.17 bits per heavy atom. The summed E-state index contributed by atoms with van der Waals surface area (Å²) in [5.74, 6) is 1.10. The van der Waals surface area contributed by atoms with Crippen molar-refractivity contribution in [3.05, 3.63) is 42.6 Å². The minimum atomic E-state index is 0.276. The van der Waals surface area contributed by atoms with E-state index < -0.39 is 0 Å². The molecule has 3 rings (SSSR count). The van der Waals surface area contributed by atoms with Crippen LogP contribution in [0, 0.1) is 0 Å². The quantitative estimate of drug-likeness (QED) is 0.744. The van der Waals surface area contributed by atoms with Gasteiger partial charge in [-0.25, -0.2) is 4.52 Å². The van der Waals surface area contributed by atoms with Crippen LogP contribution in [0.3, 0.4) is 0 Å². The molecular formula is C13H12N4O. The third kappa shape index (κ3) is 1.75. The van der Waals surface area contributed by atoms with Crippen molar-refractivity contribution in [1.29, 1.82) is 0 Å². The van der Waals surface area contributed by atoms with Crippen LogP contribution in [0.25, 0.3) is 16.8 Å². The van der Waals surface area contributed by atoms with E-state index in [1.807, 2.05) is 42.6 Å². The van der Waals surface area contributed by atoms with E-state index in [1.54, 1.807) is 11.6 Å². The van der Waals surface area contributed by atoms with Gasteiger partial charge in [-0.15, -0.1) is 5.10 Å². The number of methoxy groups -OCH3 is 1. The van der Waals surface area contributed by atoms with Gasteiger partial charge in [-0.1, -0.05) is 12.1 Å². The number of aromatic nitrogens is 3. The van der Waals surface area contributed by atoms with E-state index in [2.05, 4.69) is 10.1 Å². The highest BCUT2D eigenvalue weighted by molar-refractivity contribution is 5.66. The molecule has 0 aliphatic heterocycles. The maximum absolute atomic E-state index is 5.56. The number of benzene rings is 1. The second-order valence-corrected chi connectivity index (χ2v) is 3.92. The van der Waals surface area contributed by atoms with Crippen molar-refractivity contribution < 1.29 is 4.74 Å². The molecule has 1 aromatic carbocycles. The number of nitrogens with two attached hydrogens (primary N) is 1. The summed E-state index contributed by atoms with van der Waals surface area (Å²) in [5, 5.41) is 4.09. The Morgan fingerprint density at radius 2 is 2.06 bits per heavy atom. The van der Waals surface area contributed by atoms with Crippen LogP contribution < -0.4 is 10.5 Å². The molecule has 5 nitrogen and oxygen atoms in total. The van der Waals surface area contributed by atoms with Crippen LogP contribution in [-0.4, -0.2) is 21.7 Å². The second kappa shape index (κ2) is 4.03. The van der Waals surface area contributed by atoms with Crippen LogP contribution in [0.15, 0.2) is 42.6 Å². The number of nitrogens with zero attached hydrogens (tertiary/aromatic N) is 3. The number of nitrogen functional groups attached to an aromatic ring is 1. The fraction of sp³-hybridized carbons (Fsp3) is 0.0769. The SMILES string of the molecule is COc1cccc(-c2ccc3nc(N)nn3c2)c1. The molecule has 0 saturated heterocycles. The van der Waals surface area contributed by atoms with Gasteiger partial charge in [0.1, 0.15) is 5.75 Å². The summed E-state index contributed by atoms with van der Waals surface area (Å²) in [7, 11) is 1.65. The average molecular weight is 240 g/mol. The van der Waals surface area contributed by atoms with Crippen molar-refractivity contribution in [2.75, 3.05) is 12.8 Å². The smallest absolute Gasteiger partial charge is 0.240 e. The number of ether oxygens (including phenoxy) is 1. The summed E-state index contributed by atoms with van der Waals surface area (Å²) in [6.45, 7) is 0. The van der Waals surface area contributed by atoms with Crippen molar-refractivity contribution >= 4 is 11.6 Å². The lowest BCUT2D eigenvalue weighted by atomic mass is 10.1. The molecule has 5 heteroatoms. The van der Waals surface area contributed by atoms with Gasteiger partial charge in [-0.05, 0) is 29.8 Å². The lowest BCUT2D eigenvalue weighted by Crippen LogP contribution is -1.90. The van der Waals surface area contributed by atoms with E-state index in [1.165, 1.54) is 0 Å². The minimum Gasteiger partial charge on any atom is -0.497 e. The van der Waals surface area contributed by atoms with Gasteiger partial charge in [-0.2, -0.15) is 4.98 Å². The molecule has 0 spiro atoms. The van der Waals surface area contributed by atoms with Crippen LogP contribution in [-0.2, 0) is 0 Å². The highest BCUT2D eigenvalue weighted by atomic mass is 16.5. The van der Waals surface area contributed by atoms with Crippen LogP contribution in [0.1, 0.15) is 0 Å². The standard InChI is InChI=1S/C13H12N4O/c1-18-11-4-2-3-9(7-11)10-5-6-12-15-13(14)16-17(12)8-10/h2-8H,1H3,(H2,14,16). The summed E-state index contributed by atoms with van der Waals surface area (Å²) in [6, 6.07) is 11.7. The predicted octanol–water partition coefficient (Wildman–Crippen LogP) is 1.99. The first-order valence-corrected chi connectivity index (χ1v) is 5.52. The fourth-order valence-electron chi connectivity index (χ4n) is 1.87. The topological polar surface area (TPSA) is 65.4 Å². The Balaban J connectivity index is 2.12.